The molecule has 0 aromatic rings. The third-order valence-corrected chi connectivity index (χ3v) is 2.49. The molecular weight excluding hydrogens is 174 g/mol. The maximum atomic E-state index is 11.6. The summed E-state index contributed by atoms with van der Waals surface area (Å²) in [5.41, 5.74) is 6.74. The predicted octanol–water partition coefficient (Wildman–Crippen LogP) is 2.57. The number of ketones is 1. The SMILES string of the molecule is CC(C)(N)CC(=O)C=C1CCCCC1. The summed E-state index contributed by atoms with van der Waals surface area (Å²) in [7, 11) is 0. The summed E-state index contributed by atoms with van der Waals surface area (Å²) >= 11 is 0. The lowest BCUT2D eigenvalue weighted by Crippen LogP contribution is -2.34. The Morgan fingerprint density at radius 1 is 1.36 bits per heavy atom. The van der Waals surface area contributed by atoms with Crippen LogP contribution in [0.1, 0.15) is 52.4 Å². The van der Waals surface area contributed by atoms with Gasteiger partial charge in [0.15, 0.2) is 5.78 Å². The summed E-state index contributed by atoms with van der Waals surface area (Å²) in [5.74, 6) is 0.189. The Hall–Kier alpha value is -0.630. The highest BCUT2D eigenvalue weighted by molar-refractivity contribution is 5.91. The highest BCUT2D eigenvalue weighted by Crippen LogP contribution is 2.23. The van der Waals surface area contributed by atoms with Crippen LogP contribution in [0.25, 0.3) is 0 Å². The summed E-state index contributed by atoms with van der Waals surface area (Å²) in [6.07, 6.45) is 8.29. The molecule has 0 atom stereocenters. The third-order valence-electron chi connectivity index (χ3n) is 2.49. The van der Waals surface area contributed by atoms with Gasteiger partial charge in [-0.1, -0.05) is 12.0 Å². The van der Waals surface area contributed by atoms with Crippen molar-refractivity contribution in [2.45, 2.75) is 57.9 Å². The average Bonchev–Trinajstić information content (AvgIpc) is 2.02. The van der Waals surface area contributed by atoms with Gasteiger partial charge in [0.05, 0.1) is 0 Å². The lowest BCUT2D eigenvalue weighted by atomic mass is 9.92. The lowest BCUT2D eigenvalue weighted by molar-refractivity contribution is -0.115. The Kier molecular flexibility index (Phi) is 3.87. The first-order valence-electron chi connectivity index (χ1n) is 5.48. The van der Waals surface area contributed by atoms with Gasteiger partial charge < -0.3 is 5.73 Å². The fourth-order valence-corrected chi connectivity index (χ4v) is 1.88. The van der Waals surface area contributed by atoms with Crippen LogP contribution in [0, 0.1) is 0 Å². The fourth-order valence-electron chi connectivity index (χ4n) is 1.88. The normalized spacial score (nSPS) is 18.1. The maximum Gasteiger partial charge on any atom is 0.157 e. The van der Waals surface area contributed by atoms with Crippen LogP contribution in [0.2, 0.25) is 0 Å². The number of allylic oxidation sites excluding steroid dienone is 2. The first-order valence-corrected chi connectivity index (χ1v) is 5.48. The van der Waals surface area contributed by atoms with Gasteiger partial charge in [0.25, 0.3) is 0 Å². The van der Waals surface area contributed by atoms with Crippen molar-refractivity contribution in [2.75, 3.05) is 0 Å². The van der Waals surface area contributed by atoms with E-state index in [1.54, 1.807) is 0 Å². The van der Waals surface area contributed by atoms with Gasteiger partial charge in [0.2, 0.25) is 0 Å². The minimum Gasteiger partial charge on any atom is -0.325 e. The van der Waals surface area contributed by atoms with Crippen molar-refractivity contribution in [2.24, 2.45) is 5.73 Å². The largest absolute Gasteiger partial charge is 0.325 e. The number of carbonyl (C=O) groups excluding carboxylic acids is 1. The summed E-state index contributed by atoms with van der Waals surface area (Å²) in [4.78, 5) is 11.6. The average molecular weight is 195 g/mol. The van der Waals surface area contributed by atoms with Gasteiger partial charge in [-0.25, -0.2) is 0 Å². The van der Waals surface area contributed by atoms with Gasteiger partial charge >= 0.3 is 0 Å². The van der Waals surface area contributed by atoms with Crippen LogP contribution >= 0.6 is 0 Å². The molecule has 0 unspecified atom stereocenters. The van der Waals surface area contributed by atoms with E-state index in [-0.39, 0.29) is 11.3 Å². The van der Waals surface area contributed by atoms with E-state index in [2.05, 4.69) is 0 Å². The van der Waals surface area contributed by atoms with Crippen molar-refractivity contribution in [1.82, 2.24) is 0 Å². The van der Waals surface area contributed by atoms with Gasteiger partial charge in [-0.3, -0.25) is 4.79 Å². The van der Waals surface area contributed by atoms with E-state index in [1.165, 1.54) is 24.8 Å². The molecule has 0 radical (unpaired) electrons. The van der Waals surface area contributed by atoms with Crippen molar-refractivity contribution in [3.05, 3.63) is 11.6 Å². The monoisotopic (exact) mass is 195 g/mol. The van der Waals surface area contributed by atoms with Crippen LogP contribution in [0.5, 0.6) is 0 Å². The molecule has 0 saturated heterocycles. The summed E-state index contributed by atoms with van der Waals surface area (Å²) in [6.45, 7) is 3.79. The van der Waals surface area contributed by atoms with Crippen molar-refractivity contribution in [3.63, 3.8) is 0 Å². The van der Waals surface area contributed by atoms with Gasteiger partial charge in [-0.15, -0.1) is 0 Å². The third kappa shape index (κ3) is 4.56. The Labute approximate surface area is 86.6 Å². The van der Waals surface area contributed by atoms with E-state index in [0.717, 1.165) is 12.8 Å². The number of rotatable bonds is 3. The first-order chi connectivity index (χ1) is 6.47. The minimum absolute atomic E-state index is 0.189. The van der Waals surface area contributed by atoms with Crippen molar-refractivity contribution in [3.8, 4) is 0 Å². The number of hydrogen-bond acceptors (Lipinski definition) is 2. The molecule has 0 spiro atoms. The van der Waals surface area contributed by atoms with Crippen molar-refractivity contribution < 1.29 is 4.79 Å². The second kappa shape index (κ2) is 4.74. The van der Waals surface area contributed by atoms with Crippen molar-refractivity contribution >= 4 is 5.78 Å². The Morgan fingerprint density at radius 2 is 1.93 bits per heavy atom. The number of carbonyl (C=O) groups is 1. The number of nitrogens with two attached hydrogens (primary N) is 1. The lowest BCUT2D eigenvalue weighted by Gasteiger charge is -2.17. The summed E-state index contributed by atoms with van der Waals surface area (Å²) in [5, 5.41) is 0. The van der Waals surface area contributed by atoms with E-state index in [1.807, 2.05) is 19.9 Å². The molecule has 0 heterocycles. The van der Waals surface area contributed by atoms with Gasteiger partial charge in [0, 0.05) is 12.0 Å². The summed E-state index contributed by atoms with van der Waals surface area (Å²) in [6, 6.07) is 0. The highest BCUT2D eigenvalue weighted by Gasteiger charge is 2.15. The molecule has 0 amide bonds. The zero-order chi connectivity index (χ0) is 10.6. The maximum absolute atomic E-state index is 11.6. The van der Waals surface area contributed by atoms with Crippen LogP contribution in [0.4, 0.5) is 0 Å². The van der Waals surface area contributed by atoms with E-state index in [0.29, 0.717) is 6.42 Å². The van der Waals surface area contributed by atoms with E-state index in [9.17, 15) is 4.79 Å². The van der Waals surface area contributed by atoms with Crippen LogP contribution in [0.15, 0.2) is 11.6 Å². The molecule has 14 heavy (non-hydrogen) atoms. The Bertz CT molecular complexity index is 227. The molecule has 1 rings (SSSR count). The fraction of sp³-hybridized carbons (Fsp3) is 0.750. The Morgan fingerprint density at radius 3 is 2.43 bits per heavy atom. The van der Waals surface area contributed by atoms with Crippen LogP contribution in [-0.2, 0) is 4.79 Å². The van der Waals surface area contributed by atoms with Crippen molar-refractivity contribution in [1.29, 1.82) is 0 Å². The molecule has 0 bridgehead atoms. The quantitative estimate of drug-likeness (QED) is 0.703. The molecule has 0 aliphatic heterocycles. The molecular formula is C12H21NO. The Balaban J connectivity index is 2.45. The number of hydrogen-bond donors (Lipinski definition) is 1. The zero-order valence-electron chi connectivity index (χ0n) is 9.31. The topological polar surface area (TPSA) is 43.1 Å². The van der Waals surface area contributed by atoms with E-state index in [4.69, 9.17) is 5.73 Å². The second-order valence-corrected chi connectivity index (χ2v) is 4.99. The zero-order valence-corrected chi connectivity index (χ0v) is 9.31. The molecule has 1 aliphatic carbocycles. The molecule has 1 aliphatic rings. The predicted molar refractivity (Wildman–Crippen MR) is 59.1 cm³/mol. The molecule has 1 fully saturated rings. The van der Waals surface area contributed by atoms with Crippen LogP contribution in [0.3, 0.4) is 0 Å². The van der Waals surface area contributed by atoms with Gasteiger partial charge in [0.1, 0.15) is 0 Å². The molecule has 0 aromatic carbocycles. The first kappa shape index (κ1) is 11.4. The molecule has 2 nitrogen and oxygen atoms in total. The van der Waals surface area contributed by atoms with Crippen LogP contribution in [-0.4, -0.2) is 11.3 Å². The molecule has 1 saturated carbocycles. The smallest absolute Gasteiger partial charge is 0.157 e. The summed E-state index contributed by atoms with van der Waals surface area (Å²) < 4.78 is 0. The molecule has 80 valence electrons. The molecule has 2 N–H and O–H groups in total. The van der Waals surface area contributed by atoms with E-state index >= 15 is 0 Å². The van der Waals surface area contributed by atoms with Crippen LogP contribution < -0.4 is 5.73 Å². The van der Waals surface area contributed by atoms with E-state index < -0.39 is 0 Å². The molecule has 0 aromatic heterocycles. The highest BCUT2D eigenvalue weighted by atomic mass is 16.1. The van der Waals surface area contributed by atoms with Gasteiger partial charge in [-0.05, 0) is 45.6 Å². The standard InChI is InChI=1S/C12H21NO/c1-12(2,13)9-11(14)8-10-6-4-3-5-7-10/h8H,3-7,9,13H2,1-2H3. The second-order valence-electron chi connectivity index (χ2n) is 4.99. The van der Waals surface area contributed by atoms with Gasteiger partial charge in [-0.2, -0.15) is 0 Å². The minimum atomic E-state index is -0.372. The molecule has 2 heteroatoms.